The highest BCUT2D eigenvalue weighted by Crippen LogP contribution is 2.47. The van der Waals surface area contributed by atoms with Crippen LogP contribution in [0.5, 0.6) is 5.75 Å². The number of aromatic amines is 2. The van der Waals surface area contributed by atoms with Gasteiger partial charge in [0.25, 0.3) is 0 Å². The van der Waals surface area contributed by atoms with Crippen molar-refractivity contribution in [1.29, 1.82) is 0 Å². The lowest BCUT2D eigenvalue weighted by molar-refractivity contribution is -0.189. The number of methoxy groups -OCH3 is 1. The minimum absolute atomic E-state index is 0.0259. The fourth-order valence-electron chi connectivity index (χ4n) is 5.95. The standard InChI is InChI=1S/C29H30F3N9O/c1-4-41-12-11-21-24(25(41)29(30,31)32)36-27(34-21)17-8-7-16(13-22(17)42-3)26-37-28(40(2)39-26)35-20-10-9-19-18(14-33-38-19)23(20)15-5-6-15/h7-10,13-15,25H,4-6,11-12H2,1-3H3,(H,33,38)(H,34,36)(H,35,37,39). The van der Waals surface area contributed by atoms with Crippen LogP contribution < -0.4 is 10.1 Å². The van der Waals surface area contributed by atoms with E-state index >= 15 is 0 Å². The molecule has 3 N–H and O–H groups in total. The Morgan fingerprint density at radius 2 is 1.98 bits per heavy atom. The maximum atomic E-state index is 14.0. The molecule has 4 heterocycles. The van der Waals surface area contributed by atoms with Crippen molar-refractivity contribution in [3.05, 3.63) is 53.5 Å². The summed E-state index contributed by atoms with van der Waals surface area (Å²) in [5.41, 5.74) is 5.00. The van der Waals surface area contributed by atoms with Gasteiger partial charge in [-0.2, -0.15) is 23.3 Å². The molecule has 1 fully saturated rings. The Balaban J connectivity index is 1.20. The molecule has 2 aliphatic rings. The first-order valence-corrected chi connectivity index (χ1v) is 14.0. The SMILES string of the molecule is CCN1CCc2[nH]c(-c3ccc(-c4nc(Nc5ccc6[nH]ncc6c5C5CC5)n(C)n4)cc3OC)nc2C1C(F)(F)F. The molecule has 0 spiro atoms. The average molecular weight is 578 g/mol. The Morgan fingerprint density at radius 3 is 2.71 bits per heavy atom. The van der Waals surface area contributed by atoms with Crippen LogP contribution in [0.25, 0.3) is 33.7 Å². The molecule has 218 valence electrons. The number of H-pyrrole nitrogens is 2. The van der Waals surface area contributed by atoms with Crippen molar-refractivity contribution in [2.75, 3.05) is 25.5 Å². The number of aromatic nitrogens is 7. The number of likely N-dealkylation sites (N-methyl/N-ethyl adjacent to an activating group) is 1. The number of benzene rings is 2. The molecule has 42 heavy (non-hydrogen) atoms. The number of nitrogens with zero attached hydrogens (tertiary/aromatic N) is 6. The smallest absolute Gasteiger partial charge is 0.409 e. The van der Waals surface area contributed by atoms with E-state index in [0.29, 0.717) is 59.1 Å². The van der Waals surface area contributed by atoms with E-state index < -0.39 is 12.2 Å². The Hall–Kier alpha value is -4.39. The molecule has 13 heteroatoms. The molecule has 1 aliphatic heterocycles. The number of halogens is 3. The molecule has 0 radical (unpaired) electrons. The lowest BCUT2D eigenvalue weighted by atomic mass is 10.0. The Kier molecular flexibility index (Phi) is 6.22. The summed E-state index contributed by atoms with van der Waals surface area (Å²) in [6, 6.07) is 7.68. The fourth-order valence-corrected chi connectivity index (χ4v) is 5.95. The summed E-state index contributed by atoms with van der Waals surface area (Å²) in [6.45, 7) is 2.33. The van der Waals surface area contributed by atoms with Gasteiger partial charge in [-0.15, -0.1) is 5.10 Å². The van der Waals surface area contributed by atoms with Crippen LogP contribution in [0.15, 0.2) is 36.5 Å². The van der Waals surface area contributed by atoms with Gasteiger partial charge in [-0.05, 0) is 55.1 Å². The topological polar surface area (TPSA) is 113 Å². The minimum Gasteiger partial charge on any atom is -0.496 e. The highest BCUT2D eigenvalue weighted by atomic mass is 19.4. The van der Waals surface area contributed by atoms with E-state index in [-0.39, 0.29) is 12.2 Å². The zero-order valence-electron chi connectivity index (χ0n) is 23.4. The van der Waals surface area contributed by atoms with Crippen molar-refractivity contribution in [1.82, 2.24) is 39.8 Å². The van der Waals surface area contributed by atoms with Crippen LogP contribution in [0.1, 0.15) is 48.7 Å². The first kappa shape index (κ1) is 26.5. The Bertz CT molecular complexity index is 1780. The zero-order chi connectivity index (χ0) is 29.2. The summed E-state index contributed by atoms with van der Waals surface area (Å²) in [5, 5.41) is 16.4. The largest absolute Gasteiger partial charge is 0.496 e. The highest BCUT2D eigenvalue weighted by Gasteiger charge is 2.48. The van der Waals surface area contributed by atoms with Gasteiger partial charge >= 0.3 is 6.18 Å². The molecular formula is C29H30F3N9O. The van der Waals surface area contributed by atoms with Crippen molar-refractivity contribution in [3.63, 3.8) is 0 Å². The molecule has 7 rings (SSSR count). The zero-order valence-corrected chi connectivity index (χ0v) is 23.4. The number of hydrogen-bond donors (Lipinski definition) is 3. The molecule has 1 saturated carbocycles. The monoisotopic (exact) mass is 577 g/mol. The van der Waals surface area contributed by atoms with Gasteiger partial charge in [-0.1, -0.05) is 13.0 Å². The van der Waals surface area contributed by atoms with Crippen LogP contribution in [0, 0.1) is 0 Å². The predicted octanol–water partition coefficient (Wildman–Crippen LogP) is 5.86. The van der Waals surface area contributed by atoms with E-state index in [9.17, 15) is 13.2 Å². The average Bonchev–Trinajstić information content (AvgIpc) is 3.35. The van der Waals surface area contributed by atoms with E-state index in [1.54, 1.807) is 23.7 Å². The number of nitrogens with one attached hydrogen (secondary N) is 3. The van der Waals surface area contributed by atoms with Crippen LogP contribution in [0.4, 0.5) is 24.8 Å². The fraction of sp³-hybridized carbons (Fsp3) is 0.379. The summed E-state index contributed by atoms with van der Waals surface area (Å²) in [4.78, 5) is 13.7. The number of imidazole rings is 1. The number of ether oxygens (including phenoxy) is 1. The van der Waals surface area contributed by atoms with Gasteiger partial charge in [0.2, 0.25) is 5.95 Å². The van der Waals surface area contributed by atoms with Crippen molar-refractivity contribution < 1.29 is 17.9 Å². The van der Waals surface area contributed by atoms with Crippen LogP contribution in [0.3, 0.4) is 0 Å². The van der Waals surface area contributed by atoms with Gasteiger partial charge in [-0.25, -0.2) is 9.67 Å². The van der Waals surface area contributed by atoms with E-state index in [1.165, 1.54) is 17.6 Å². The molecule has 10 nitrogen and oxygen atoms in total. The first-order chi connectivity index (χ1) is 20.2. The molecule has 0 bridgehead atoms. The van der Waals surface area contributed by atoms with Crippen molar-refractivity contribution in [2.24, 2.45) is 7.05 Å². The number of hydrogen-bond acceptors (Lipinski definition) is 7. The normalized spacial score (nSPS) is 17.5. The number of fused-ring (bicyclic) bond motifs is 2. The maximum Gasteiger partial charge on any atom is 0.409 e. The molecule has 1 atom stereocenters. The molecular weight excluding hydrogens is 547 g/mol. The summed E-state index contributed by atoms with van der Waals surface area (Å²) in [7, 11) is 3.34. The lowest BCUT2D eigenvalue weighted by Crippen LogP contribution is -2.43. The van der Waals surface area contributed by atoms with Crippen molar-refractivity contribution in [3.8, 4) is 28.5 Å². The third kappa shape index (κ3) is 4.48. The van der Waals surface area contributed by atoms with E-state index in [4.69, 9.17) is 9.72 Å². The maximum absolute atomic E-state index is 14.0. The van der Waals surface area contributed by atoms with Gasteiger partial charge in [0.1, 0.15) is 11.6 Å². The van der Waals surface area contributed by atoms with Gasteiger partial charge < -0.3 is 15.0 Å². The van der Waals surface area contributed by atoms with Crippen molar-refractivity contribution >= 4 is 22.5 Å². The lowest BCUT2D eigenvalue weighted by Gasteiger charge is -2.34. The Labute approximate surface area is 239 Å². The molecule has 1 aliphatic carbocycles. The number of alkyl halides is 3. The molecule has 0 amide bonds. The van der Waals surface area contributed by atoms with E-state index in [2.05, 4.69) is 30.6 Å². The summed E-state index contributed by atoms with van der Waals surface area (Å²) in [6.07, 6.45) is 0.185. The highest BCUT2D eigenvalue weighted by molar-refractivity contribution is 5.89. The third-order valence-electron chi connectivity index (χ3n) is 8.18. The summed E-state index contributed by atoms with van der Waals surface area (Å²) in [5.74, 6) is 2.35. The second-order valence-electron chi connectivity index (χ2n) is 10.8. The molecule has 0 saturated heterocycles. The second-order valence-corrected chi connectivity index (χ2v) is 10.8. The first-order valence-electron chi connectivity index (χ1n) is 14.0. The minimum atomic E-state index is -4.42. The number of anilines is 2. The van der Waals surface area contributed by atoms with Crippen LogP contribution in [-0.2, 0) is 13.5 Å². The number of rotatable bonds is 7. The van der Waals surface area contributed by atoms with E-state index in [1.807, 2.05) is 31.4 Å². The van der Waals surface area contributed by atoms with Crippen LogP contribution in [0.2, 0.25) is 0 Å². The van der Waals surface area contributed by atoms with Crippen LogP contribution in [-0.4, -0.2) is 66.2 Å². The summed E-state index contributed by atoms with van der Waals surface area (Å²) < 4.78 is 49.3. The summed E-state index contributed by atoms with van der Waals surface area (Å²) >= 11 is 0. The Morgan fingerprint density at radius 1 is 1.14 bits per heavy atom. The number of aryl methyl sites for hydroxylation is 1. The van der Waals surface area contributed by atoms with Crippen LogP contribution >= 0.6 is 0 Å². The molecule has 5 aromatic rings. The molecule has 1 unspecified atom stereocenters. The van der Waals surface area contributed by atoms with E-state index in [0.717, 1.165) is 29.4 Å². The predicted molar refractivity (Wildman–Crippen MR) is 152 cm³/mol. The quantitative estimate of drug-likeness (QED) is 0.222. The third-order valence-corrected chi connectivity index (χ3v) is 8.18. The van der Waals surface area contributed by atoms with Gasteiger partial charge in [0.05, 0.1) is 30.1 Å². The van der Waals surface area contributed by atoms with Gasteiger partial charge in [0, 0.05) is 42.3 Å². The molecule has 2 aromatic carbocycles. The van der Waals surface area contributed by atoms with Crippen molar-refractivity contribution in [2.45, 2.75) is 44.3 Å². The molecule has 3 aromatic heterocycles. The van der Waals surface area contributed by atoms with Gasteiger partial charge in [-0.3, -0.25) is 10.00 Å². The second kappa shape index (κ2) is 9.86. The van der Waals surface area contributed by atoms with Gasteiger partial charge in [0.15, 0.2) is 11.9 Å².